The first-order chi connectivity index (χ1) is 11.3. The number of halogens is 2. The molecule has 0 saturated carbocycles. The van der Waals surface area contributed by atoms with Crippen molar-refractivity contribution in [3.8, 4) is 5.75 Å². The maximum atomic E-state index is 6.12. The summed E-state index contributed by atoms with van der Waals surface area (Å²) < 4.78 is 11.1. The monoisotopic (exact) mass is 369 g/mol. The summed E-state index contributed by atoms with van der Waals surface area (Å²) in [6.45, 7) is 5.92. The van der Waals surface area contributed by atoms with E-state index in [1.165, 1.54) is 5.56 Å². The fourth-order valence-electron chi connectivity index (χ4n) is 2.16. The molecule has 0 unspecified atom stereocenters. The summed E-state index contributed by atoms with van der Waals surface area (Å²) in [4.78, 5) is 0. The Morgan fingerprint density at radius 3 is 2.50 bits per heavy atom. The van der Waals surface area contributed by atoms with Crippen molar-refractivity contribution in [1.29, 1.82) is 0 Å². The molecule has 0 radical (unpaired) electrons. The van der Waals surface area contributed by atoms with Crippen LogP contribution in [-0.2, 0) is 17.9 Å². The van der Waals surface area contributed by atoms with Gasteiger partial charge in [-0.2, -0.15) is 0 Å². The van der Waals surface area contributed by atoms with Crippen LogP contribution in [0.2, 0.25) is 5.02 Å². The lowest BCUT2D eigenvalue weighted by Crippen LogP contribution is -2.16. The van der Waals surface area contributed by atoms with Crippen LogP contribution in [0.5, 0.6) is 5.75 Å². The molecule has 1 N–H and O–H groups in total. The molecule has 2 aromatic carbocycles. The third-order valence-electron chi connectivity index (χ3n) is 3.45. The smallest absolute Gasteiger partial charge is 0.119 e. The normalized spacial score (nSPS) is 10.2. The van der Waals surface area contributed by atoms with Gasteiger partial charge in [0.15, 0.2) is 0 Å². The van der Waals surface area contributed by atoms with E-state index < -0.39 is 0 Å². The molecule has 0 aliphatic rings. The van der Waals surface area contributed by atoms with E-state index in [-0.39, 0.29) is 12.4 Å². The summed E-state index contributed by atoms with van der Waals surface area (Å²) in [7, 11) is 0. The largest absolute Gasteiger partial charge is 0.489 e. The predicted octanol–water partition coefficient (Wildman–Crippen LogP) is 4.86. The van der Waals surface area contributed by atoms with Crippen LogP contribution in [-0.4, -0.2) is 19.8 Å². The first-order valence-corrected chi connectivity index (χ1v) is 8.41. The van der Waals surface area contributed by atoms with Crippen molar-refractivity contribution < 1.29 is 9.47 Å². The van der Waals surface area contributed by atoms with Gasteiger partial charge in [0.1, 0.15) is 12.4 Å². The maximum Gasteiger partial charge on any atom is 0.119 e. The highest BCUT2D eigenvalue weighted by Gasteiger charge is 2.01. The highest BCUT2D eigenvalue weighted by molar-refractivity contribution is 6.31. The molecular formula is C19H25Cl2NO2. The quantitative estimate of drug-likeness (QED) is 0.606. The zero-order valence-corrected chi connectivity index (χ0v) is 15.5. The Morgan fingerprint density at radius 2 is 1.79 bits per heavy atom. The number of rotatable bonds is 10. The first-order valence-electron chi connectivity index (χ1n) is 8.03. The van der Waals surface area contributed by atoms with Crippen molar-refractivity contribution in [2.24, 2.45) is 0 Å². The Labute approximate surface area is 155 Å². The summed E-state index contributed by atoms with van der Waals surface area (Å²) >= 11 is 6.12. The Balaban J connectivity index is 0.00000288. The number of hydrogen-bond donors (Lipinski definition) is 1. The van der Waals surface area contributed by atoms with Crippen LogP contribution >= 0.6 is 24.0 Å². The van der Waals surface area contributed by atoms with E-state index in [0.717, 1.165) is 49.1 Å². The minimum Gasteiger partial charge on any atom is -0.489 e. The molecule has 24 heavy (non-hydrogen) atoms. The van der Waals surface area contributed by atoms with Crippen molar-refractivity contribution >= 4 is 24.0 Å². The Morgan fingerprint density at radius 1 is 1.04 bits per heavy atom. The molecule has 5 heteroatoms. The van der Waals surface area contributed by atoms with Gasteiger partial charge < -0.3 is 14.8 Å². The average Bonchev–Trinajstić information content (AvgIpc) is 2.58. The summed E-state index contributed by atoms with van der Waals surface area (Å²) in [6, 6.07) is 15.9. The van der Waals surface area contributed by atoms with Gasteiger partial charge in [-0.3, -0.25) is 0 Å². The molecule has 0 heterocycles. The van der Waals surface area contributed by atoms with Crippen molar-refractivity contribution in [2.75, 3.05) is 19.8 Å². The van der Waals surface area contributed by atoms with Gasteiger partial charge in [0.2, 0.25) is 0 Å². The van der Waals surface area contributed by atoms with Gasteiger partial charge in [0, 0.05) is 30.3 Å². The molecule has 132 valence electrons. The zero-order valence-electron chi connectivity index (χ0n) is 14.0. The van der Waals surface area contributed by atoms with Crippen LogP contribution in [0, 0.1) is 0 Å². The molecule has 0 spiro atoms. The fourth-order valence-corrected chi connectivity index (χ4v) is 2.35. The zero-order chi connectivity index (χ0) is 16.3. The third-order valence-corrected chi connectivity index (χ3v) is 3.82. The molecule has 0 aliphatic heterocycles. The summed E-state index contributed by atoms with van der Waals surface area (Å²) in [5.41, 5.74) is 2.24. The lowest BCUT2D eigenvalue weighted by molar-refractivity contribution is 0.144. The minimum absolute atomic E-state index is 0. The highest BCUT2D eigenvalue weighted by atomic mass is 35.5. The van der Waals surface area contributed by atoms with Crippen molar-refractivity contribution in [3.05, 3.63) is 64.7 Å². The number of ether oxygens (including phenoxy) is 2. The second-order valence-corrected chi connectivity index (χ2v) is 5.66. The van der Waals surface area contributed by atoms with E-state index in [1.54, 1.807) is 0 Å². The second kappa shape index (κ2) is 12.2. The SMILES string of the molecule is CCOCCCNCc1ccc(OCc2ccccc2Cl)cc1.Cl. The maximum absolute atomic E-state index is 6.12. The van der Waals surface area contributed by atoms with Gasteiger partial charge in [-0.25, -0.2) is 0 Å². The molecule has 0 aliphatic carbocycles. The fraction of sp³-hybridized carbons (Fsp3) is 0.368. The molecule has 0 fully saturated rings. The van der Waals surface area contributed by atoms with Gasteiger partial charge in [0.25, 0.3) is 0 Å². The lowest BCUT2D eigenvalue weighted by atomic mass is 10.2. The van der Waals surface area contributed by atoms with Crippen LogP contribution in [0.3, 0.4) is 0 Å². The van der Waals surface area contributed by atoms with Gasteiger partial charge in [-0.15, -0.1) is 12.4 Å². The van der Waals surface area contributed by atoms with Crippen LogP contribution in [0.1, 0.15) is 24.5 Å². The molecule has 0 bridgehead atoms. The minimum atomic E-state index is 0. The number of hydrogen-bond acceptors (Lipinski definition) is 3. The molecule has 0 atom stereocenters. The molecule has 3 nitrogen and oxygen atoms in total. The average molecular weight is 370 g/mol. The summed E-state index contributed by atoms with van der Waals surface area (Å²) in [6.07, 6.45) is 1.03. The van der Waals surface area contributed by atoms with Crippen molar-refractivity contribution in [2.45, 2.75) is 26.5 Å². The first kappa shape index (κ1) is 20.8. The van der Waals surface area contributed by atoms with E-state index >= 15 is 0 Å². The van der Waals surface area contributed by atoms with Gasteiger partial charge in [-0.1, -0.05) is 41.9 Å². The summed E-state index contributed by atoms with van der Waals surface area (Å²) in [5.74, 6) is 0.852. The van der Waals surface area contributed by atoms with Gasteiger partial charge in [0.05, 0.1) is 0 Å². The molecule has 2 rings (SSSR count). The van der Waals surface area contributed by atoms with Crippen LogP contribution in [0.25, 0.3) is 0 Å². The molecular weight excluding hydrogens is 345 g/mol. The van der Waals surface area contributed by atoms with E-state index in [9.17, 15) is 0 Å². The molecule has 0 saturated heterocycles. The number of benzene rings is 2. The third kappa shape index (κ3) is 7.54. The molecule has 0 amide bonds. The molecule has 0 aromatic heterocycles. The van der Waals surface area contributed by atoms with Crippen LogP contribution < -0.4 is 10.1 Å². The van der Waals surface area contributed by atoms with Gasteiger partial charge in [-0.05, 0) is 43.7 Å². The van der Waals surface area contributed by atoms with E-state index in [4.69, 9.17) is 21.1 Å². The topological polar surface area (TPSA) is 30.5 Å². The van der Waals surface area contributed by atoms with Crippen molar-refractivity contribution in [3.63, 3.8) is 0 Å². The van der Waals surface area contributed by atoms with Crippen molar-refractivity contribution in [1.82, 2.24) is 5.32 Å². The number of nitrogens with one attached hydrogen (secondary N) is 1. The summed E-state index contributed by atoms with van der Waals surface area (Å²) in [5, 5.41) is 4.14. The molecule has 2 aromatic rings. The lowest BCUT2D eigenvalue weighted by Gasteiger charge is -2.09. The Hall–Kier alpha value is -1.26. The van der Waals surface area contributed by atoms with E-state index in [2.05, 4.69) is 17.4 Å². The van der Waals surface area contributed by atoms with Crippen LogP contribution in [0.4, 0.5) is 0 Å². The van der Waals surface area contributed by atoms with Crippen LogP contribution in [0.15, 0.2) is 48.5 Å². The Bertz CT molecular complexity index is 576. The van der Waals surface area contributed by atoms with Gasteiger partial charge >= 0.3 is 0 Å². The predicted molar refractivity (Wildman–Crippen MR) is 102 cm³/mol. The highest BCUT2D eigenvalue weighted by Crippen LogP contribution is 2.18. The standard InChI is InChI=1S/C19H24ClNO2.ClH/c1-2-22-13-5-12-21-14-16-8-10-18(11-9-16)23-15-17-6-3-4-7-19(17)20;/h3-4,6-11,21H,2,5,12-15H2,1H3;1H. The second-order valence-electron chi connectivity index (χ2n) is 5.25. The van der Waals surface area contributed by atoms with E-state index in [1.807, 2.05) is 43.3 Å². The van der Waals surface area contributed by atoms with E-state index in [0.29, 0.717) is 6.61 Å². The Kier molecular flexibility index (Phi) is 10.5.